The van der Waals surface area contributed by atoms with Gasteiger partial charge < -0.3 is 4.74 Å². The second-order valence-corrected chi connectivity index (χ2v) is 5.17. The maximum Gasteiger partial charge on any atom is 0.196 e. The van der Waals surface area contributed by atoms with Crippen LogP contribution in [0.1, 0.15) is 29.8 Å². The van der Waals surface area contributed by atoms with E-state index in [4.69, 9.17) is 16.3 Å². The van der Waals surface area contributed by atoms with Crippen LogP contribution < -0.4 is 4.74 Å². The molecule has 0 atom stereocenters. The van der Waals surface area contributed by atoms with Crippen LogP contribution >= 0.6 is 11.6 Å². The first-order valence-corrected chi connectivity index (χ1v) is 6.72. The fraction of sp³-hybridized carbons (Fsp3) is 0.188. The standard InChI is InChI=1S/C16H13ClF2O2/c1-9(2)21-11-5-3-10(4-6-11)16(20)12-7-15(19)13(17)8-14(12)18/h3-9H,1-2H3. The van der Waals surface area contributed by atoms with Crippen LogP contribution in [-0.2, 0) is 0 Å². The molecule has 0 aliphatic carbocycles. The second-order valence-electron chi connectivity index (χ2n) is 4.77. The van der Waals surface area contributed by atoms with Gasteiger partial charge in [0, 0.05) is 5.56 Å². The fourth-order valence-electron chi connectivity index (χ4n) is 1.81. The molecule has 0 fully saturated rings. The van der Waals surface area contributed by atoms with Gasteiger partial charge in [0.25, 0.3) is 0 Å². The molecule has 0 N–H and O–H groups in total. The molecule has 2 nitrogen and oxygen atoms in total. The number of carbonyl (C=O) groups excluding carboxylic acids is 1. The molecule has 0 spiro atoms. The van der Waals surface area contributed by atoms with Crippen LogP contribution in [0.2, 0.25) is 5.02 Å². The van der Waals surface area contributed by atoms with Gasteiger partial charge in [0.15, 0.2) is 5.78 Å². The van der Waals surface area contributed by atoms with Crippen LogP contribution in [0.15, 0.2) is 36.4 Å². The van der Waals surface area contributed by atoms with Crippen molar-refractivity contribution in [3.05, 3.63) is 64.2 Å². The third-order valence-electron chi connectivity index (χ3n) is 2.74. The summed E-state index contributed by atoms with van der Waals surface area (Å²) in [5.41, 5.74) is -0.110. The van der Waals surface area contributed by atoms with Gasteiger partial charge in [0.05, 0.1) is 16.7 Å². The summed E-state index contributed by atoms with van der Waals surface area (Å²) in [6.45, 7) is 3.76. The van der Waals surface area contributed by atoms with Crippen LogP contribution in [0.5, 0.6) is 5.75 Å². The van der Waals surface area contributed by atoms with Crippen LogP contribution in [0.4, 0.5) is 8.78 Å². The van der Waals surface area contributed by atoms with Crippen molar-refractivity contribution in [2.75, 3.05) is 0 Å². The predicted molar refractivity (Wildman–Crippen MR) is 77.0 cm³/mol. The molecule has 0 aliphatic rings. The lowest BCUT2D eigenvalue weighted by atomic mass is 10.0. The number of carbonyl (C=O) groups is 1. The summed E-state index contributed by atoms with van der Waals surface area (Å²) >= 11 is 5.46. The van der Waals surface area contributed by atoms with E-state index in [1.54, 1.807) is 12.1 Å². The molecule has 5 heteroatoms. The summed E-state index contributed by atoms with van der Waals surface area (Å²) < 4.78 is 32.5. The number of rotatable bonds is 4. The average Bonchev–Trinajstić information content (AvgIpc) is 2.42. The lowest BCUT2D eigenvalue weighted by Crippen LogP contribution is -2.07. The van der Waals surface area contributed by atoms with Crippen LogP contribution in [0.25, 0.3) is 0 Å². The van der Waals surface area contributed by atoms with E-state index in [1.807, 2.05) is 13.8 Å². The molecule has 2 rings (SSSR count). The Bertz CT molecular complexity index is 667. The Hall–Kier alpha value is -1.94. The molecule has 0 radical (unpaired) electrons. The van der Waals surface area contributed by atoms with Crippen molar-refractivity contribution in [2.45, 2.75) is 20.0 Å². The van der Waals surface area contributed by atoms with Gasteiger partial charge in [-0.3, -0.25) is 4.79 Å². The molecule has 0 bridgehead atoms. The highest BCUT2D eigenvalue weighted by Gasteiger charge is 2.17. The second kappa shape index (κ2) is 6.22. The zero-order valence-corrected chi connectivity index (χ0v) is 12.2. The molecule has 0 aliphatic heterocycles. The summed E-state index contributed by atoms with van der Waals surface area (Å²) in [7, 11) is 0. The summed E-state index contributed by atoms with van der Waals surface area (Å²) in [6.07, 6.45) is 0.00866. The van der Waals surface area contributed by atoms with Gasteiger partial charge in [0.2, 0.25) is 0 Å². The monoisotopic (exact) mass is 310 g/mol. The van der Waals surface area contributed by atoms with Crippen LogP contribution in [0, 0.1) is 11.6 Å². The highest BCUT2D eigenvalue weighted by atomic mass is 35.5. The molecule has 0 unspecified atom stereocenters. The van der Waals surface area contributed by atoms with Crippen molar-refractivity contribution in [2.24, 2.45) is 0 Å². The van der Waals surface area contributed by atoms with Crippen molar-refractivity contribution in [3.8, 4) is 5.75 Å². The minimum Gasteiger partial charge on any atom is -0.491 e. The zero-order valence-electron chi connectivity index (χ0n) is 11.5. The van der Waals surface area contributed by atoms with E-state index in [1.165, 1.54) is 12.1 Å². The first-order chi connectivity index (χ1) is 9.88. The topological polar surface area (TPSA) is 26.3 Å². The number of hydrogen-bond acceptors (Lipinski definition) is 2. The van der Waals surface area contributed by atoms with E-state index in [0.717, 1.165) is 12.1 Å². The number of hydrogen-bond donors (Lipinski definition) is 0. The Kier molecular flexibility index (Phi) is 4.58. The average molecular weight is 311 g/mol. The summed E-state index contributed by atoms with van der Waals surface area (Å²) in [5, 5.41) is -0.357. The molecule has 0 heterocycles. The maximum absolute atomic E-state index is 13.7. The molecule has 0 saturated heterocycles. The predicted octanol–water partition coefficient (Wildman–Crippen LogP) is 4.64. The van der Waals surface area contributed by atoms with E-state index < -0.39 is 17.4 Å². The Morgan fingerprint density at radius 3 is 2.29 bits per heavy atom. The molecule has 2 aromatic rings. The van der Waals surface area contributed by atoms with E-state index in [9.17, 15) is 13.6 Å². The van der Waals surface area contributed by atoms with E-state index in [2.05, 4.69) is 0 Å². The number of benzene rings is 2. The molecule has 0 amide bonds. The number of halogens is 3. The molecule has 0 saturated carbocycles. The first-order valence-electron chi connectivity index (χ1n) is 6.34. The smallest absolute Gasteiger partial charge is 0.196 e. The first kappa shape index (κ1) is 15.4. The van der Waals surface area contributed by atoms with Gasteiger partial charge in [-0.2, -0.15) is 0 Å². The largest absolute Gasteiger partial charge is 0.491 e. The van der Waals surface area contributed by atoms with Gasteiger partial charge >= 0.3 is 0 Å². The van der Waals surface area contributed by atoms with Crippen molar-refractivity contribution in [3.63, 3.8) is 0 Å². The minimum atomic E-state index is -0.853. The van der Waals surface area contributed by atoms with Crippen molar-refractivity contribution < 1.29 is 18.3 Å². The minimum absolute atomic E-state index is 0.00866. The highest BCUT2D eigenvalue weighted by molar-refractivity contribution is 6.30. The van der Waals surface area contributed by atoms with Crippen LogP contribution in [0.3, 0.4) is 0 Å². The fourth-order valence-corrected chi connectivity index (χ4v) is 1.96. The summed E-state index contributed by atoms with van der Waals surface area (Å²) in [4.78, 5) is 12.2. The maximum atomic E-state index is 13.7. The highest BCUT2D eigenvalue weighted by Crippen LogP contribution is 2.22. The Morgan fingerprint density at radius 1 is 1.10 bits per heavy atom. The molecule has 110 valence electrons. The van der Waals surface area contributed by atoms with Gasteiger partial charge in [-0.25, -0.2) is 8.78 Å². The summed E-state index contributed by atoms with van der Waals surface area (Å²) in [6, 6.07) is 7.83. The Morgan fingerprint density at radius 2 is 1.71 bits per heavy atom. The third-order valence-corrected chi connectivity index (χ3v) is 3.03. The van der Waals surface area contributed by atoms with Crippen LogP contribution in [-0.4, -0.2) is 11.9 Å². The normalized spacial score (nSPS) is 10.8. The van der Waals surface area contributed by atoms with Gasteiger partial charge in [0.1, 0.15) is 17.4 Å². The summed E-state index contributed by atoms with van der Waals surface area (Å²) in [5.74, 6) is -1.70. The number of ketones is 1. The Labute approximate surface area is 126 Å². The SMILES string of the molecule is CC(C)Oc1ccc(C(=O)c2cc(F)c(Cl)cc2F)cc1. The molecule has 21 heavy (non-hydrogen) atoms. The quantitative estimate of drug-likeness (QED) is 0.607. The van der Waals surface area contributed by atoms with E-state index >= 15 is 0 Å². The van der Waals surface area contributed by atoms with Crippen molar-refractivity contribution in [1.82, 2.24) is 0 Å². The molecule has 2 aromatic carbocycles. The van der Waals surface area contributed by atoms with Gasteiger partial charge in [-0.15, -0.1) is 0 Å². The lowest BCUT2D eigenvalue weighted by Gasteiger charge is -2.10. The molecular weight excluding hydrogens is 298 g/mol. The van der Waals surface area contributed by atoms with Gasteiger partial charge in [-0.05, 0) is 50.2 Å². The third kappa shape index (κ3) is 3.58. The molecule has 0 aromatic heterocycles. The van der Waals surface area contributed by atoms with Gasteiger partial charge in [-0.1, -0.05) is 11.6 Å². The lowest BCUT2D eigenvalue weighted by molar-refractivity contribution is 0.103. The molecular formula is C16H13ClF2O2. The number of ether oxygens (including phenoxy) is 1. The van der Waals surface area contributed by atoms with E-state index in [-0.39, 0.29) is 22.3 Å². The van der Waals surface area contributed by atoms with Crippen molar-refractivity contribution >= 4 is 17.4 Å². The van der Waals surface area contributed by atoms with Crippen molar-refractivity contribution in [1.29, 1.82) is 0 Å². The Balaban J connectivity index is 2.30. The zero-order chi connectivity index (χ0) is 15.6. The van der Waals surface area contributed by atoms with E-state index in [0.29, 0.717) is 5.75 Å².